The number of halogens is 5. The lowest BCUT2D eigenvalue weighted by Gasteiger charge is -2.34. The fourth-order valence-electron chi connectivity index (χ4n) is 2.30. The minimum absolute atomic E-state index is 0. The Morgan fingerprint density at radius 2 is 1.91 bits per heavy atom. The number of hydrogen-bond acceptors (Lipinski definition) is 3. The summed E-state index contributed by atoms with van der Waals surface area (Å²) in [5.74, 6) is -0.393. The van der Waals surface area contributed by atoms with Gasteiger partial charge in [0.25, 0.3) is 5.91 Å². The zero-order valence-corrected chi connectivity index (χ0v) is 14.2. The average Bonchev–Trinajstić information content (AvgIpc) is 2.45. The Hall–Kier alpha value is -1.05. The molecule has 1 aromatic rings. The van der Waals surface area contributed by atoms with Gasteiger partial charge in [0.2, 0.25) is 0 Å². The second-order valence-corrected chi connectivity index (χ2v) is 5.67. The maximum Gasteiger partial charge on any atom is 0.433 e. The molecule has 0 spiro atoms. The highest BCUT2D eigenvalue weighted by Crippen LogP contribution is 2.28. The van der Waals surface area contributed by atoms with Gasteiger partial charge in [-0.25, -0.2) is 0 Å². The van der Waals surface area contributed by atoms with Crippen LogP contribution in [0.2, 0.25) is 0 Å². The van der Waals surface area contributed by atoms with Crippen LogP contribution < -0.4 is 10.6 Å². The molecule has 0 unspecified atom stereocenters. The zero-order chi connectivity index (χ0) is 15.5. The molecule has 9 heteroatoms. The zero-order valence-electron chi connectivity index (χ0n) is 12.6. The van der Waals surface area contributed by atoms with Crippen molar-refractivity contribution in [1.82, 2.24) is 15.6 Å². The van der Waals surface area contributed by atoms with Crippen molar-refractivity contribution in [2.45, 2.75) is 25.9 Å². The van der Waals surface area contributed by atoms with E-state index in [4.69, 9.17) is 0 Å². The number of hydrogen-bond donors (Lipinski definition) is 2. The molecule has 0 atom stereocenters. The van der Waals surface area contributed by atoms with Crippen molar-refractivity contribution in [3.05, 3.63) is 29.6 Å². The van der Waals surface area contributed by atoms with E-state index in [1.807, 2.05) is 0 Å². The van der Waals surface area contributed by atoms with Crippen molar-refractivity contribution in [2.75, 3.05) is 19.6 Å². The normalized spacial score (nSPS) is 16.7. The SMILES string of the molecule is CC1(CNC(=O)c2ccc(C(F)(F)F)nc2)CCNCC1.Cl.Cl. The first kappa shape index (κ1) is 21.9. The number of carbonyl (C=O) groups is 1. The Morgan fingerprint density at radius 1 is 1.30 bits per heavy atom. The summed E-state index contributed by atoms with van der Waals surface area (Å²) in [5.41, 5.74) is -0.829. The molecule has 2 heterocycles. The van der Waals surface area contributed by atoms with Gasteiger partial charge in [0.15, 0.2) is 0 Å². The largest absolute Gasteiger partial charge is 0.433 e. The Kier molecular flexibility index (Phi) is 8.31. The number of nitrogens with one attached hydrogen (secondary N) is 2. The van der Waals surface area contributed by atoms with E-state index in [1.54, 1.807) is 0 Å². The van der Waals surface area contributed by atoms with Crippen molar-refractivity contribution in [1.29, 1.82) is 0 Å². The fourth-order valence-corrected chi connectivity index (χ4v) is 2.30. The molecule has 1 fully saturated rings. The lowest BCUT2D eigenvalue weighted by atomic mass is 9.81. The van der Waals surface area contributed by atoms with Gasteiger partial charge in [0, 0.05) is 12.7 Å². The van der Waals surface area contributed by atoms with E-state index in [0.717, 1.165) is 44.3 Å². The molecule has 1 aliphatic rings. The van der Waals surface area contributed by atoms with Gasteiger partial charge < -0.3 is 10.6 Å². The fraction of sp³-hybridized carbons (Fsp3) is 0.571. The number of aromatic nitrogens is 1. The van der Waals surface area contributed by atoms with Crippen LogP contribution in [-0.4, -0.2) is 30.5 Å². The van der Waals surface area contributed by atoms with Crippen molar-refractivity contribution in [2.24, 2.45) is 5.41 Å². The average molecular weight is 374 g/mol. The maximum atomic E-state index is 12.4. The van der Waals surface area contributed by atoms with Gasteiger partial charge >= 0.3 is 6.18 Å². The summed E-state index contributed by atoms with van der Waals surface area (Å²) in [5, 5.41) is 6.03. The molecule has 2 rings (SSSR count). The highest BCUT2D eigenvalue weighted by Gasteiger charge is 2.32. The molecule has 2 N–H and O–H groups in total. The third kappa shape index (κ3) is 6.16. The first-order chi connectivity index (χ1) is 9.80. The summed E-state index contributed by atoms with van der Waals surface area (Å²) in [6.45, 7) is 4.43. The molecule has 1 saturated heterocycles. The Labute approximate surface area is 145 Å². The Morgan fingerprint density at radius 3 is 2.39 bits per heavy atom. The van der Waals surface area contributed by atoms with Gasteiger partial charge in [0.1, 0.15) is 5.69 Å². The highest BCUT2D eigenvalue weighted by molar-refractivity contribution is 5.93. The molecule has 0 bridgehead atoms. The van der Waals surface area contributed by atoms with Gasteiger partial charge in [-0.3, -0.25) is 9.78 Å². The first-order valence-electron chi connectivity index (χ1n) is 6.82. The molecule has 0 aromatic carbocycles. The Balaban J connectivity index is 0.00000242. The minimum Gasteiger partial charge on any atom is -0.351 e. The summed E-state index contributed by atoms with van der Waals surface area (Å²) in [4.78, 5) is 15.2. The van der Waals surface area contributed by atoms with E-state index in [1.165, 1.54) is 0 Å². The first-order valence-corrected chi connectivity index (χ1v) is 6.82. The third-order valence-electron chi connectivity index (χ3n) is 3.80. The third-order valence-corrected chi connectivity index (χ3v) is 3.80. The van der Waals surface area contributed by atoms with E-state index in [2.05, 4.69) is 22.5 Å². The molecule has 132 valence electrons. The van der Waals surface area contributed by atoms with Crippen LogP contribution in [0, 0.1) is 5.41 Å². The molecule has 0 radical (unpaired) electrons. The summed E-state index contributed by atoms with van der Waals surface area (Å²) in [6, 6.07) is 1.97. The number of amides is 1. The van der Waals surface area contributed by atoms with E-state index in [9.17, 15) is 18.0 Å². The number of nitrogens with zero attached hydrogens (tertiary/aromatic N) is 1. The summed E-state index contributed by atoms with van der Waals surface area (Å²) in [6.07, 6.45) is -1.61. The number of carbonyl (C=O) groups excluding carboxylic acids is 1. The van der Waals surface area contributed by atoms with Gasteiger partial charge in [-0.15, -0.1) is 24.8 Å². The predicted molar refractivity (Wildman–Crippen MR) is 86.3 cm³/mol. The highest BCUT2D eigenvalue weighted by atomic mass is 35.5. The van der Waals surface area contributed by atoms with Crippen molar-refractivity contribution >= 4 is 30.7 Å². The molecular weight excluding hydrogens is 354 g/mol. The smallest absolute Gasteiger partial charge is 0.351 e. The molecular formula is C14H20Cl2F3N3O. The summed E-state index contributed by atoms with van der Waals surface area (Å²) < 4.78 is 37.2. The molecule has 0 aliphatic carbocycles. The maximum absolute atomic E-state index is 12.4. The van der Waals surface area contributed by atoms with Crippen molar-refractivity contribution in [3.8, 4) is 0 Å². The second-order valence-electron chi connectivity index (χ2n) is 5.67. The van der Waals surface area contributed by atoms with Crippen molar-refractivity contribution in [3.63, 3.8) is 0 Å². The quantitative estimate of drug-likeness (QED) is 0.855. The van der Waals surface area contributed by atoms with Crippen LogP contribution >= 0.6 is 24.8 Å². The van der Waals surface area contributed by atoms with Gasteiger partial charge in [-0.2, -0.15) is 13.2 Å². The van der Waals surface area contributed by atoms with E-state index in [-0.39, 0.29) is 35.8 Å². The number of piperidine rings is 1. The standard InChI is InChI=1S/C14H18F3N3O.2ClH/c1-13(4-6-18-7-5-13)9-20-12(21)10-2-3-11(19-8-10)14(15,16)17;;/h2-3,8,18H,4-7,9H2,1H3,(H,20,21);2*1H. The van der Waals surface area contributed by atoms with Crippen molar-refractivity contribution < 1.29 is 18.0 Å². The lowest BCUT2D eigenvalue weighted by molar-refractivity contribution is -0.141. The summed E-state index contributed by atoms with van der Waals surface area (Å²) in [7, 11) is 0. The van der Waals surface area contributed by atoms with Crippen LogP contribution in [0.4, 0.5) is 13.2 Å². The molecule has 1 aliphatic heterocycles. The molecule has 23 heavy (non-hydrogen) atoms. The number of rotatable bonds is 3. The van der Waals surface area contributed by atoms with E-state index in [0.29, 0.717) is 6.54 Å². The molecule has 1 amide bonds. The molecule has 0 saturated carbocycles. The van der Waals surface area contributed by atoms with Gasteiger partial charge in [-0.05, 0) is 43.5 Å². The summed E-state index contributed by atoms with van der Waals surface area (Å²) >= 11 is 0. The van der Waals surface area contributed by atoms with Crippen LogP contribution in [0.5, 0.6) is 0 Å². The predicted octanol–water partition coefficient (Wildman–Crippen LogP) is 3.06. The number of alkyl halides is 3. The van der Waals surface area contributed by atoms with Crippen LogP contribution in [-0.2, 0) is 6.18 Å². The molecule has 4 nitrogen and oxygen atoms in total. The Bertz CT molecular complexity index is 503. The van der Waals surface area contributed by atoms with Gasteiger partial charge in [0.05, 0.1) is 5.56 Å². The lowest BCUT2D eigenvalue weighted by Crippen LogP contribution is -2.42. The van der Waals surface area contributed by atoms with Crippen LogP contribution in [0.1, 0.15) is 35.8 Å². The van der Waals surface area contributed by atoms with Crippen LogP contribution in [0.25, 0.3) is 0 Å². The van der Waals surface area contributed by atoms with Crippen LogP contribution in [0.15, 0.2) is 18.3 Å². The monoisotopic (exact) mass is 373 g/mol. The van der Waals surface area contributed by atoms with Crippen LogP contribution in [0.3, 0.4) is 0 Å². The molecule has 1 aromatic heterocycles. The second kappa shape index (κ2) is 8.70. The topological polar surface area (TPSA) is 54.0 Å². The number of pyridine rings is 1. The van der Waals surface area contributed by atoms with E-state index >= 15 is 0 Å². The van der Waals surface area contributed by atoms with E-state index < -0.39 is 17.8 Å². The van der Waals surface area contributed by atoms with Gasteiger partial charge in [-0.1, -0.05) is 6.92 Å². The minimum atomic E-state index is -4.49.